The third-order valence-electron chi connectivity index (χ3n) is 6.42. The Morgan fingerprint density at radius 1 is 0.971 bits per heavy atom. The smallest absolute Gasteiger partial charge is 0.344 e. The molecule has 1 aliphatic heterocycles. The van der Waals surface area contributed by atoms with Gasteiger partial charge in [0.2, 0.25) is 0 Å². The topological polar surface area (TPSA) is 37.3 Å². The van der Waals surface area contributed by atoms with Crippen LogP contribution in [0.5, 0.6) is 0 Å². The Labute approximate surface area is 198 Å². The molecule has 0 amide bonds. The average molecular weight is 470 g/mol. The van der Waals surface area contributed by atoms with Crippen molar-refractivity contribution in [2.24, 2.45) is 0 Å². The van der Waals surface area contributed by atoms with Gasteiger partial charge in [0.15, 0.2) is 5.78 Å². The van der Waals surface area contributed by atoms with Crippen molar-refractivity contribution in [3.05, 3.63) is 83.0 Å². The fraction of sp³-hybridized carbons (Fsp3) is 0.370. The van der Waals surface area contributed by atoms with Crippen LogP contribution >= 0.6 is 0 Å². The fourth-order valence-corrected chi connectivity index (χ4v) is 4.59. The zero-order valence-corrected chi connectivity index (χ0v) is 19.4. The summed E-state index contributed by atoms with van der Waals surface area (Å²) in [5.74, 6) is -0.171. The summed E-state index contributed by atoms with van der Waals surface area (Å²) < 4.78 is 41.5. The molecule has 1 saturated heterocycles. The van der Waals surface area contributed by atoms with Crippen LogP contribution in [-0.4, -0.2) is 48.0 Å². The lowest BCUT2D eigenvalue weighted by atomic mass is 10.0. The summed E-state index contributed by atoms with van der Waals surface area (Å²) in [7, 11) is 0. The van der Waals surface area contributed by atoms with Gasteiger partial charge in [0.25, 0.3) is 0 Å². The Hall–Kier alpha value is -2.90. The molecule has 4 rings (SSSR count). The van der Waals surface area contributed by atoms with E-state index >= 15 is 0 Å². The number of benzene rings is 2. The number of carbonyl (C=O) groups is 1. The molecule has 0 spiro atoms. The van der Waals surface area contributed by atoms with Crippen molar-refractivity contribution in [1.82, 2.24) is 14.8 Å². The number of piperazine rings is 1. The summed E-state index contributed by atoms with van der Waals surface area (Å²) in [6.07, 6.45) is -3.54. The standard InChI is InChI=1S/C27H30F3N3O/c1-20-24(26(34)18-21-7-5-10-23(17-21)27(28,29)30)19-25(22-8-3-2-4-9-22)33(20)14-6-13-32-15-11-31-12-16-32/h2-5,7-10,17,19,31H,6,11-16,18H2,1H3. The van der Waals surface area contributed by atoms with Crippen LogP contribution in [-0.2, 0) is 19.1 Å². The Balaban J connectivity index is 1.56. The summed E-state index contributed by atoms with van der Waals surface area (Å²) in [6, 6.07) is 16.8. The molecular formula is C27H30F3N3O. The van der Waals surface area contributed by atoms with E-state index in [1.807, 2.05) is 43.3 Å². The van der Waals surface area contributed by atoms with Crippen molar-refractivity contribution in [3.63, 3.8) is 0 Å². The first-order valence-electron chi connectivity index (χ1n) is 11.7. The van der Waals surface area contributed by atoms with Gasteiger partial charge < -0.3 is 14.8 Å². The molecule has 1 aromatic heterocycles. The van der Waals surface area contributed by atoms with E-state index in [2.05, 4.69) is 14.8 Å². The monoisotopic (exact) mass is 469 g/mol. The Morgan fingerprint density at radius 2 is 1.71 bits per heavy atom. The van der Waals surface area contributed by atoms with E-state index in [-0.39, 0.29) is 12.2 Å². The van der Waals surface area contributed by atoms with Crippen molar-refractivity contribution in [3.8, 4) is 11.3 Å². The first-order chi connectivity index (χ1) is 16.3. The molecule has 4 nitrogen and oxygen atoms in total. The highest BCUT2D eigenvalue weighted by atomic mass is 19.4. The third kappa shape index (κ3) is 5.77. The van der Waals surface area contributed by atoms with Crippen LogP contribution in [0, 0.1) is 6.92 Å². The largest absolute Gasteiger partial charge is 0.416 e. The molecule has 1 fully saturated rings. The Kier molecular flexibility index (Phi) is 7.54. The van der Waals surface area contributed by atoms with E-state index in [0.717, 1.165) is 74.8 Å². The Bertz CT molecular complexity index is 1120. The summed E-state index contributed by atoms with van der Waals surface area (Å²) in [5.41, 5.74) is 3.04. The second-order valence-electron chi connectivity index (χ2n) is 8.79. The predicted octanol–water partition coefficient (Wildman–Crippen LogP) is 5.20. The molecule has 0 atom stereocenters. The number of Topliss-reactive ketones (excluding diaryl/α,β-unsaturated/α-hetero) is 1. The lowest BCUT2D eigenvalue weighted by Gasteiger charge is -2.27. The second kappa shape index (κ2) is 10.6. The van der Waals surface area contributed by atoms with Gasteiger partial charge in [-0.3, -0.25) is 4.79 Å². The van der Waals surface area contributed by atoms with Crippen molar-refractivity contribution < 1.29 is 18.0 Å². The number of nitrogens with zero attached hydrogens (tertiary/aromatic N) is 2. The average Bonchev–Trinajstić information content (AvgIpc) is 3.16. The van der Waals surface area contributed by atoms with Gasteiger partial charge in [0, 0.05) is 56.1 Å². The molecule has 1 aliphatic rings. The van der Waals surface area contributed by atoms with Crippen molar-refractivity contribution in [2.45, 2.75) is 32.5 Å². The molecule has 3 aromatic rings. The first-order valence-corrected chi connectivity index (χ1v) is 11.7. The number of alkyl halides is 3. The maximum absolute atomic E-state index is 13.2. The molecule has 0 saturated carbocycles. The van der Waals surface area contributed by atoms with Gasteiger partial charge >= 0.3 is 6.18 Å². The van der Waals surface area contributed by atoms with Crippen LogP contribution in [0.3, 0.4) is 0 Å². The SMILES string of the molecule is Cc1c(C(=O)Cc2cccc(C(F)(F)F)c2)cc(-c2ccccc2)n1CCCN1CCNCC1. The van der Waals surface area contributed by atoms with Gasteiger partial charge in [0.05, 0.1) is 5.56 Å². The van der Waals surface area contributed by atoms with Gasteiger partial charge in [-0.15, -0.1) is 0 Å². The molecular weight excluding hydrogens is 439 g/mol. The van der Waals surface area contributed by atoms with E-state index in [4.69, 9.17) is 0 Å². The lowest BCUT2D eigenvalue weighted by Crippen LogP contribution is -2.43. The van der Waals surface area contributed by atoms with Gasteiger partial charge in [-0.1, -0.05) is 48.5 Å². The van der Waals surface area contributed by atoms with Gasteiger partial charge in [-0.05, 0) is 43.1 Å². The van der Waals surface area contributed by atoms with Gasteiger partial charge in [-0.25, -0.2) is 0 Å². The number of rotatable bonds is 8. The van der Waals surface area contributed by atoms with E-state index < -0.39 is 11.7 Å². The number of hydrogen-bond acceptors (Lipinski definition) is 3. The number of aromatic nitrogens is 1. The molecule has 1 N–H and O–H groups in total. The molecule has 0 radical (unpaired) electrons. The van der Waals surface area contributed by atoms with Crippen molar-refractivity contribution in [2.75, 3.05) is 32.7 Å². The molecule has 2 heterocycles. The maximum atomic E-state index is 13.2. The number of nitrogens with one attached hydrogen (secondary N) is 1. The highest BCUT2D eigenvalue weighted by molar-refractivity contribution is 6.00. The molecule has 2 aromatic carbocycles. The zero-order chi connectivity index (χ0) is 24.1. The molecule has 0 unspecified atom stereocenters. The summed E-state index contributed by atoms with van der Waals surface area (Å²) in [6.45, 7) is 7.78. The van der Waals surface area contributed by atoms with Crippen LogP contribution in [0.25, 0.3) is 11.3 Å². The number of hydrogen-bond donors (Lipinski definition) is 1. The maximum Gasteiger partial charge on any atom is 0.416 e. The fourth-order valence-electron chi connectivity index (χ4n) is 4.59. The Morgan fingerprint density at radius 3 is 2.41 bits per heavy atom. The molecule has 0 bridgehead atoms. The predicted molar refractivity (Wildman–Crippen MR) is 128 cm³/mol. The van der Waals surface area contributed by atoms with Gasteiger partial charge in [-0.2, -0.15) is 13.2 Å². The number of carbonyl (C=O) groups excluding carboxylic acids is 1. The molecule has 0 aliphatic carbocycles. The first kappa shape index (κ1) is 24.2. The molecule has 180 valence electrons. The van der Waals surface area contributed by atoms with Crippen molar-refractivity contribution >= 4 is 5.78 Å². The third-order valence-corrected chi connectivity index (χ3v) is 6.42. The quantitative estimate of drug-likeness (QED) is 0.461. The highest BCUT2D eigenvalue weighted by Crippen LogP contribution is 2.31. The van der Waals surface area contributed by atoms with Gasteiger partial charge in [0.1, 0.15) is 0 Å². The summed E-state index contributed by atoms with van der Waals surface area (Å²) in [5, 5.41) is 3.36. The normalized spacial score (nSPS) is 14.9. The van der Waals surface area contributed by atoms with E-state index in [9.17, 15) is 18.0 Å². The zero-order valence-electron chi connectivity index (χ0n) is 19.4. The summed E-state index contributed by atoms with van der Waals surface area (Å²) >= 11 is 0. The highest BCUT2D eigenvalue weighted by Gasteiger charge is 2.30. The lowest BCUT2D eigenvalue weighted by molar-refractivity contribution is -0.137. The molecule has 7 heteroatoms. The van der Waals surface area contributed by atoms with Crippen LogP contribution in [0.2, 0.25) is 0 Å². The second-order valence-corrected chi connectivity index (χ2v) is 8.79. The van der Waals surface area contributed by atoms with Crippen molar-refractivity contribution in [1.29, 1.82) is 0 Å². The van der Waals surface area contributed by atoms with Crippen LogP contribution in [0.1, 0.15) is 33.6 Å². The minimum Gasteiger partial charge on any atom is -0.344 e. The summed E-state index contributed by atoms with van der Waals surface area (Å²) in [4.78, 5) is 15.6. The number of halogens is 3. The van der Waals surface area contributed by atoms with E-state index in [1.54, 1.807) is 6.07 Å². The van der Waals surface area contributed by atoms with Crippen LogP contribution in [0.15, 0.2) is 60.7 Å². The molecule has 34 heavy (non-hydrogen) atoms. The van der Waals surface area contributed by atoms with Crippen LogP contribution in [0.4, 0.5) is 13.2 Å². The van der Waals surface area contributed by atoms with Crippen LogP contribution < -0.4 is 5.32 Å². The van der Waals surface area contributed by atoms with E-state index in [0.29, 0.717) is 11.1 Å². The number of ketones is 1. The minimum atomic E-state index is -4.43. The minimum absolute atomic E-state index is 0.0657. The van der Waals surface area contributed by atoms with E-state index in [1.165, 1.54) is 6.07 Å².